The zero-order valence-corrected chi connectivity index (χ0v) is 18.8. The molecule has 2 aromatic carbocycles. The van der Waals surface area contributed by atoms with E-state index in [0.29, 0.717) is 37.9 Å². The first-order valence-electron chi connectivity index (χ1n) is 11.8. The molecule has 2 aromatic rings. The molecule has 7 nitrogen and oxygen atoms in total. The summed E-state index contributed by atoms with van der Waals surface area (Å²) >= 11 is 0. The van der Waals surface area contributed by atoms with E-state index < -0.39 is 5.54 Å². The molecule has 1 atom stereocenters. The van der Waals surface area contributed by atoms with Crippen molar-refractivity contribution in [2.45, 2.75) is 37.3 Å². The summed E-state index contributed by atoms with van der Waals surface area (Å²) < 4.78 is 0. The average molecular weight is 447 g/mol. The van der Waals surface area contributed by atoms with Crippen molar-refractivity contribution in [1.29, 1.82) is 0 Å². The van der Waals surface area contributed by atoms with E-state index in [0.717, 1.165) is 26.1 Å². The Bertz CT molecular complexity index is 1020. The lowest BCUT2D eigenvalue weighted by Crippen LogP contribution is -2.55. The lowest BCUT2D eigenvalue weighted by molar-refractivity contribution is -0.134. The number of rotatable bonds is 5. The number of hydrogen-bond acceptors (Lipinski definition) is 4. The van der Waals surface area contributed by atoms with Gasteiger partial charge in [-0.15, -0.1) is 0 Å². The summed E-state index contributed by atoms with van der Waals surface area (Å²) in [6, 6.07) is 19.0. The summed E-state index contributed by atoms with van der Waals surface area (Å²) in [5.74, 6) is -0.166. The topological polar surface area (TPSA) is 73.0 Å². The van der Waals surface area contributed by atoms with E-state index in [9.17, 15) is 14.4 Å². The normalized spacial score (nSPS) is 22.7. The zero-order chi connectivity index (χ0) is 22.8. The summed E-state index contributed by atoms with van der Waals surface area (Å²) in [7, 11) is 0. The molecule has 0 aromatic heterocycles. The minimum Gasteiger partial charge on any atom is -0.336 e. The van der Waals surface area contributed by atoms with Gasteiger partial charge in [0.2, 0.25) is 0 Å². The van der Waals surface area contributed by atoms with Gasteiger partial charge in [0.15, 0.2) is 0 Å². The number of nitrogens with one attached hydrogen (secondary N) is 1. The number of amides is 4. The lowest BCUT2D eigenvalue weighted by Gasteiger charge is -2.37. The number of carbonyl (C=O) groups excluding carboxylic acids is 3. The second kappa shape index (κ2) is 8.98. The molecule has 0 unspecified atom stereocenters. The Balaban J connectivity index is 1.18. The molecule has 3 aliphatic heterocycles. The van der Waals surface area contributed by atoms with E-state index in [1.165, 1.54) is 10.5 Å². The van der Waals surface area contributed by atoms with Gasteiger partial charge in [-0.2, -0.15) is 0 Å². The van der Waals surface area contributed by atoms with Gasteiger partial charge in [-0.1, -0.05) is 48.5 Å². The Morgan fingerprint density at radius 2 is 1.61 bits per heavy atom. The monoisotopic (exact) mass is 446 g/mol. The largest absolute Gasteiger partial charge is 0.336 e. The van der Waals surface area contributed by atoms with Gasteiger partial charge in [0.05, 0.1) is 6.04 Å². The van der Waals surface area contributed by atoms with Crippen LogP contribution in [0.3, 0.4) is 0 Å². The third kappa shape index (κ3) is 4.25. The maximum absolute atomic E-state index is 13.4. The minimum absolute atomic E-state index is 0.0495. The lowest BCUT2D eigenvalue weighted by atomic mass is 9.87. The van der Waals surface area contributed by atoms with Crippen LogP contribution in [0.5, 0.6) is 0 Å². The maximum Gasteiger partial charge on any atom is 0.325 e. The summed E-state index contributed by atoms with van der Waals surface area (Å²) in [5, 5.41) is 3.02. The number of piperidine rings is 1. The summed E-state index contributed by atoms with van der Waals surface area (Å²) in [6.07, 6.45) is 2.86. The van der Waals surface area contributed by atoms with E-state index in [4.69, 9.17) is 0 Å². The van der Waals surface area contributed by atoms with Crippen molar-refractivity contribution in [3.05, 3.63) is 71.8 Å². The van der Waals surface area contributed by atoms with Gasteiger partial charge in [-0.05, 0) is 43.4 Å². The molecule has 7 heteroatoms. The quantitative estimate of drug-likeness (QED) is 0.717. The van der Waals surface area contributed by atoms with Crippen LogP contribution in [0.4, 0.5) is 4.79 Å². The van der Waals surface area contributed by atoms with Crippen LogP contribution in [0.2, 0.25) is 0 Å². The zero-order valence-electron chi connectivity index (χ0n) is 18.8. The molecule has 3 fully saturated rings. The minimum atomic E-state index is -0.794. The number of urea groups is 1. The van der Waals surface area contributed by atoms with E-state index in [2.05, 4.69) is 34.5 Å². The Hall–Kier alpha value is -3.19. The van der Waals surface area contributed by atoms with Gasteiger partial charge >= 0.3 is 6.03 Å². The molecule has 0 radical (unpaired) electrons. The van der Waals surface area contributed by atoms with Gasteiger partial charge in [-0.3, -0.25) is 14.5 Å². The summed E-state index contributed by atoms with van der Waals surface area (Å²) in [6.45, 7) is 3.47. The number of hydrogen-bond donors (Lipinski definition) is 1. The molecular weight excluding hydrogens is 416 g/mol. The number of likely N-dealkylation sites (tertiary alicyclic amines) is 2. The molecule has 3 saturated heterocycles. The summed E-state index contributed by atoms with van der Waals surface area (Å²) in [5.41, 5.74) is 1.15. The fourth-order valence-electron chi connectivity index (χ4n) is 5.30. The fourth-order valence-corrected chi connectivity index (χ4v) is 5.30. The number of imide groups is 1. The molecule has 5 rings (SSSR count). The number of carbonyl (C=O) groups is 3. The third-order valence-corrected chi connectivity index (χ3v) is 7.30. The van der Waals surface area contributed by atoms with Crippen molar-refractivity contribution in [2.24, 2.45) is 0 Å². The second-order valence-electron chi connectivity index (χ2n) is 9.32. The molecular formula is C26H30N4O3. The molecule has 33 heavy (non-hydrogen) atoms. The van der Waals surface area contributed by atoms with E-state index in [-0.39, 0.29) is 23.9 Å². The highest BCUT2D eigenvalue weighted by atomic mass is 16.2. The molecule has 0 bridgehead atoms. The predicted octanol–water partition coefficient (Wildman–Crippen LogP) is 2.53. The highest BCUT2D eigenvalue weighted by molar-refractivity contribution is 6.07. The van der Waals surface area contributed by atoms with Crippen LogP contribution in [0.15, 0.2) is 60.7 Å². The first-order chi connectivity index (χ1) is 16.1. The molecule has 1 spiro atoms. The van der Waals surface area contributed by atoms with Gasteiger partial charge in [0, 0.05) is 38.3 Å². The van der Waals surface area contributed by atoms with E-state index >= 15 is 0 Å². The Morgan fingerprint density at radius 1 is 0.939 bits per heavy atom. The second-order valence-corrected chi connectivity index (χ2v) is 9.32. The molecule has 1 N–H and O–H groups in total. The fraction of sp³-hybridized carbons (Fsp3) is 0.423. The van der Waals surface area contributed by atoms with E-state index in [1.807, 2.05) is 24.3 Å². The molecule has 172 valence electrons. The first kappa shape index (κ1) is 21.6. The van der Waals surface area contributed by atoms with Crippen LogP contribution >= 0.6 is 0 Å². The maximum atomic E-state index is 13.4. The Morgan fingerprint density at radius 3 is 2.30 bits per heavy atom. The van der Waals surface area contributed by atoms with Crippen LogP contribution in [0.1, 0.15) is 35.2 Å². The standard InChI is InChI=1S/C26H30N4O3/c31-23(21-9-5-2-6-10-21)29-16-12-22(19-29)30-24(32)26(27-25(30)33)13-17-28(18-14-26)15-11-20-7-3-1-4-8-20/h1-10,22H,11-19H2,(H,27,33)/t22-/m0/s1. The molecule has 0 saturated carbocycles. The van der Waals surface area contributed by atoms with Crippen molar-refractivity contribution in [3.63, 3.8) is 0 Å². The average Bonchev–Trinajstić information content (AvgIpc) is 3.42. The van der Waals surface area contributed by atoms with E-state index in [1.54, 1.807) is 17.0 Å². The van der Waals surface area contributed by atoms with Crippen molar-refractivity contribution >= 4 is 17.8 Å². The number of nitrogens with zero attached hydrogens (tertiary/aromatic N) is 3. The van der Waals surface area contributed by atoms with Gasteiger partial charge in [-0.25, -0.2) is 4.79 Å². The third-order valence-electron chi connectivity index (χ3n) is 7.30. The van der Waals surface area contributed by atoms with Crippen LogP contribution in [-0.4, -0.2) is 76.8 Å². The van der Waals surface area contributed by atoms with Crippen molar-refractivity contribution < 1.29 is 14.4 Å². The van der Waals surface area contributed by atoms with Crippen molar-refractivity contribution in [3.8, 4) is 0 Å². The smallest absolute Gasteiger partial charge is 0.325 e. The van der Waals surface area contributed by atoms with Crippen LogP contribution in [0, 0.1) is 0 Å². The number of benzene rings is 2. The highest BCUT2D eigenvalue weighted by Crippen LogP contribution is 2.32. The molecule has 3 heterocycles. The first-order valence-corrected chi connectivity index (χ1v) is 11.8. The Kier molecular flexibility index (Phi) is 5.89. The molecule has 4 amide bonds. The Labute approximate surface area is 194 Å². The van der Waals surface area contributed by atoms with Crippen LogP contribution < -0.4 is 5.32 Å². The van der Waals surface area contributed by atoms with Gasteiger partial charge in [0.1, 0.15) is 5.54 Å². The van der Waals surface area contributed by atoms with Gasteiger partial charge in [0.25, 0.3) is 11.8 Å². The van der Waals surface area contributed by atoms with Crippen molar-refractivity contribution in [2.75, 3.05) is 32.7 Å². The SMILES string of the molecule is O=C(c1ccccc1)N1CC[C@H](N2C(=O)NC3(CCN(CCc4ccccc4)CC3)C2=O)C1. The summed E-state index contributed by atoms with van der Waals surface area (Å²) in [4.78, 5) is 44.6. The van der Waals surface area contributed by atoms with Gasteiger partial charge < -0.3 is 15.1 Å². The van der Waals surface area contributed by atoms with Crippen LogP contribution in [0.25, 0.3) is 0 Å². The molecule has 3 aliphatic rings. The van der Waals surface area contributed by atoms with Crippen LogP contribution in [-0.2, 0) is 11.2 Å². The molecule has 0 aliphatic carbocycles. The highest BCUT2D eigenvalue weighted by Gasteiger charge is 2.54. The predicted molar refractivity (Wildman–Crippen MR) is 125 cm³/mol. The van der Waals surface area contributed by atoms with Crippen molar-refractivity contribution in [1.82, 2.24) is 20.0 Å².